The molecule has 1 aromatic carbocycles. The Bertz CT molecular complexity index is 740. The van der Waals surface area contributed by atoms with Gasteiger partial charge in [0.05, 0.1) is 5.56 Å². The molecule has 0 unspecified atom stereocenters. The van der Waals surface area contributed by atoms with Crippen LogP contribution < -0.4 is 10.9 Å². The standard InChI is InChI=1S/C16H17ClN2O3/c1-11-4-2-5-15(21)19(11)9-3-8-18-16(22)13-10-12(17)6-7-14(13)20/h2,4-7,10,20H,3,8-9H2,1H3,(H,18,22). The number of nitrogens with one attached hydrogen (secondary N) is 1. The fraction of sp³-hybridized carbons (Fsp3) is 0.250. The van der Waals surface area contributed by atoms with Crippen molar-refractivity contribution in [3.05, 3.63) is 63.0 Å². The van der Waals surface area contributed by atoms with Gasteiger partial charge in [0.2, 0.25) is 0 Å². The first-order chi connectivity index (χ1) is 10.5. The van der Waals surface area contributed by atoms with Crippen molar-refractivity contribution in [1.29, 1.82) is 0 Å². The molecule has 6 heteroatoms. The highest BCUT2D eigenvalue weighted by Crippen LogP contribution is 2.21. The van der Waals surface area contributed by atoms with Crippen LogP contribution in [0.3, 0.4) is 0 Å². The molecular formula is C16H17ClN2O3. The number of hydrogen-bond acceptors (Lipinski definition) is 3. The van der Waals surface area contributed by atoms with Crippen LogP contribution >= 0.6 is 11.6 Å². The van der Waals surface area contributed by atoms with E-state index in [1.54, 1.807) is 10.6 Å². The van der Waals surface area contributed by atoms with E-state index in [2.05, 4.69) is 5.32 Å². The van der Waals surface area contributed by atoms with E-state index in [1.807, 2.05) is 13.0 Å². The lowest BCUT2D eigenvalue weighted by atomic mass is 10.2. The molecule has 1 amide bonds. The molecule has 0 radical (unpaired) electrons. The SMILES string of the molecule is Cc1cccc(=O)n1CCCNC(=O)c1cc(Cl)ccc1O. The molecule has 0 aliphatic rings. The van der Waals surface area contributed by atoms with E-state index in [0.29, 0.717) is 24.5 Å². The maximum absolute atomic E-state index is 12.0. The third kappa shape index (κ3) is 3.89. The molecule has 1 heterocycles. The van der Waals surface area contributed by atoms with Crippen molar-refractivity contribution in [2.45, 2.75) is 19.9 Å². The van der Waals surface area contributed by atoms with Crippen LogP contribution in [0.4, 0.5) is 0 Å². The van der Waals surface area contributed by atoms with Crippen LogP contribution in [-0.2, 0) is 6.54 Å². The molecule has 0 aliphatic carbocycles. The molecule has 2 N–H and O–H groups in total. The average Bonchev–Trinajstić information content (AvgIpc) is 2.48. The van der Waals surface area contributed by atoms with Gasteiger partial charge < -0.3 is 15.0 Å². The summed E-state index contributed by atoms with van der Waals surface area (Å²) < 4.78 is 1.66. The Labute approximate surface area is 133 Å². The first kappa shape index (κ1) is 16.1. The Balaban J connectivity index is 1.90. The van der Waals surface area contributed by atoms with Crippen molar-refractivity contribution in [2.75, 3.05) is 6.54 Å². The zero-order chi connectivity index (χ0) is 16.1. The van der Waals surface area contributed by atoms with E-state index in [1.165, 1.54) is 24.3 Å². The summed E-state index contributed by atoms with van der Waals surface area (Å²) in [5.41, 5.74) is 0.964. The molecule has 0 spiro atoms. The van der Waals surface area contributed by atoms with Gasteiger partial charge in [-0.05, 0) is 37.6 Å². The van der Waals surface area contributed by atoms with E-state index >= 15 is 0 Å². The Kier molecular flexibility index (Phi) is 5.22. The first-order valence-corrected chi connectivity index (χ1v) is 7.30. The highest BCUT2D eigenvalue weighted by Gasteiger charge is 2.11. The van der Waals surface area contributed by atoms with Crippen LogP contribution in [0.5, 0.6) is 5.75 Å². The van der Waals surface area contributed by atoms with E-state index in [9.17, 15) is 14.7 Å². The van der Waals surface area contributed by atoms with E-state index in [0.717, 1.165) is 5.69 Å². The Morgan fingerprint density at radius 3 is 2.82 bits per heavy atom. The Morgan fingerprint density at radius 1 is 1.32 bits per heavy atom. The van der Waals surface area contributed by atoms with Crippen molar-refractivity contribution >= 4 is 17.5 Å². The fourth-order valence-electron chi connectivity index (χ4n) is 2.13. The molecule has 0 bridgehead atoms. The molecule has 1 aromatic heterocycles. The molecular weight excluding hydrogens is 304 g/mol. The lowest BCUT2D eigenvalue weighted by molar-refractivity contribution is 0.0950. The van der Waals surface area contributed by atoms with Gasteiger partial charge in [-0.3, -0.25) is 9.59 Å². The number of phenols is 1. The van der Waals surface area contributed by atoms with E-state index < -0.39 is 5.91 Å². The van der Waals surface area contributed by atoms with Crippen molar-refractivity contribution in [3.63, 3.8) is 0 Å². The van der Waals surface area contributed by atoms with Crippen LogP contribution in [0, 0.1) is 6.92 Å². The van der Waals surface area contributed by atoms with Gasteiger partial charge >= 0.3 is 0 Å². The van der Waals surface area contributed by atoms with Gasteiger partial charge in [0.25, 0.3) is 11.5 Å². The Morgan fingerprint density at radius 2 is 2.09 bits per heavy atom. The van der Waals surface area contributed by atoms with Gasteiger partial charge in [0.1, 0.15) is 5.75 Å². The summed E-state index contributed by atoms with van der Waals surface area (Å²) in [4.78, 5) is 23.7. The lowest BCUT2D eigenvalue weighted by Crippen LogP contribution is -2.27. The first-order valence-electron chi connectivity index (χ1n) is 6.92. The van der Waals surface area contributed by atoms with Gasteiger partial charge in [0, 0.05) is 29.9 Å². The number of amides is 1. The van der Waals surface area contributed by atoms with E-state index in [-0.39, 0.29) is 16.9 Å². The third-order valence-electron chi connectivity index (χ3n) is 3.32. The molecule has 2 aromatic rings. The van der Waals surface area contributed by atoms with Crippen molar-refractivity contribution in [3.8, 4) is 5.75 Å². The minimum Gasteiger partial charge on any atom is -0.507 e. The second-order valence-corrected chi connectivity index (χ2v) is 5.36. The van der Waals surface area contributed by atoms with Gasteiger partial charge in [-0.2, -0.15) is 0 Å². The Hall–Kier alpha value is -2.27. The summed E-state index contributed by atoms with van der Waals surface area (Å²) in [6, 6.07) is 9.40. The summed E-state index contributed by atoms with van der Waals surface area (Å²) in [6.07, 6.45) is 0.609. The molecule has 0 fully saturated rings. The zero-order valence-corrected chi connectivity index (χ0v) is 12.9. The second kappa shape index (κ2) is 7.13. The molecule has 116 valence electrons. The summed E-state index contributed by atoms with van der Waals surface area (Å²) in [5.74, 6) is -0.505. The van der Waals surface area contributed by atoms with Crippen LogP contribution in [0.2, 0.25) is 5.02 Å². The number of aromatic nitrogens is 1. The number of benzene rings is 1. The normalized spacial score (nSPS) is 10.5. The van der Waals surface area contributed by atoms with Crippen molar-refractivity contribution < 1.29 is 9.90 Å². The maximum atomic E-state index is 12.0. The zero-order valence-electron chi connectivity index (χ0n) is 12.2. The molecule has 2 rings (SSSR count). The minimum absolute atomic E-state index is 0.0567. The number of halogens is 1. The number of rotatable bonds is 5. The number of aryl methyl sites for hydroxylation is 1. The predicted molar refractivity (Wildman–Crippen MR) is 85.5 cm³/mol. The van der Waals surface area contributed by atoms with Crippen LogP contribution in [0.25, 0.3) is 0 Å². The van der Waals surface area contributed by atoms with E-state index in [4.69, 9.17) is 11.6 Å². The van der Waals surface area contributed by atoms with Crippen LogP contribution in [0.1, 0.15) is 22.5 Å². The van der Waals surface area contributed by atoms with Gasteiger partial charge in [0.15, 0.2) is 0 Å². The summed E-state index contributed by atoms with van der Waals surface area (Å²) in [5, 5.41) is 12.7. The number of hydrogen-bond donors (Lipinski definition) is 2. The third-order valence-corrected chi connectivity index (χ3v) is 3.55. The van der Waals surface area contributed by atoms with Crippen LogP contribution in [-0.4, -0.2) is 22.1 Å². The molecule has 0 atom stereocenters. The fourth-order valence-corrected chi connectivity index (χ4v) is 2.31. The number of carbonyl (C=O) groups is 1. The number of nitrogens with zero attached hydrogens (tertiary/aromatic N) is 1. The minimum atomic E-state index is -0.392. The highest BCUT2D eigenvalue weighted by molar-refractivity contribution is 6.31. The number of phenolic OH excluding ortho intramolecular Hbond substituents is 1. The average molecular weight is 321 g/mol. The molecule has 5 nitrogen and oxygen atoms in total. The summed E-state index contributed by atoms with van der Waals surface area (Å²) in [7, 11) is 0. The largest absolute Gasteiger partial charge is 0.507 e. The molecule has 0 saturated carbocycles. The maximum Gasteiger partial charge on any atom is 0.255 e. The van der Waals surface area contributed by atoms with Gasteiger partial charge in [-0.15, -0.1) is 0 Å². The predicted octanol–water partition coefficient (Wildman–Crippen LogP) is 2.34. The highest BCUT2D eigenvalue weighted by atomic mass is 35.5. The van der Waals surface area contributed by atoms with Gasteiger partial charge in [-0.1, -0.05) is 17.7 Å². The lowest BCUT2D eigenvalue weighted by Gasteiger charge is -2.10. The number of carbonyl (C=O) groups excluding carboxylic acids is 1. The van der Waals surface area contributed by atoms with Gasteiger partial charge in [-0.25, -0.2) is 0 Å². The number of pyridine rings is 1. The summed E-state index contributed by atoms with van der Waals surface area (Å²) in [6.45, 7) is 2.78. The second-order valence-electron chi connectivity index (χ2n) is 4.93. The quantitative estimate of drug-likeness (QED) is 0.831. The molecule has 22 heavy (non-hydrogen) atoms. The van der Waals surface area contributed by atoms with Crippen molar-refractivity contribution in [2.24, 2.45) is 0 Å². The molecule has 0 saturated heterocycles. The summed E-state index contributed by atoms with van der Waals surface area (Å²) >= 11 is 5.81. The van der Waals surface area contributed by atoms with Crippen LogP contribution in [0.15, 0.2) is 41.2 Å². The monoisotopic (exact) mass is 320 g/mol. The topological polar surface area (TPSA) is 71.3 Å². The van der Waals surface area contributed by atoms with Crippen molar-refractivity contribution in [1.82, 2.24) is 9.88 Å². The molecule has 0 aliphatic heterocycles. The number of aromatic hydroxyl groups is 1. The smallest absolute Gasteiger partial charge is 0.255 e.